The maximum absolute atomic E-state index is 11.6. The molecule has 3 N–H and O–H groups in total. The Kier molecular flexibility index (Phi) is 5.36. The molecule has 6 heteroatoms. The van der Waals surface area contributed by atoms with Gasteiger partial charge in [-0.15, -0.1) is 0 Å². The Bertz CT molecular complexity index is 686. The molecule has 0 aliphatic heterocycles. The summed E-state index contributed by atoms with van der Waals surface area (Å²) in [6, 6.07) is 9.94. The molecule has 1 fully saturated rings. The van der Waals surface area contributed by atoms with Gasteiger partial charge in [-0.05, 0) is 31.9 Å². The molecule has 0 unspecified atom stereocenters. The Morgan fingerprint density at radius 2 is 2.00 bits per heavy atom. The van der Waals surface area contributed by atoms with E-state index in [0.29, 0.717) is 19.6 Å². The van der Waals surface area contributed by atoms with E-state index in [2.05, 4.69) is 20.9 Å². The molecule has 0 bridgehead atoms. The van der Waals surface area contributed by atoms with Gasteiger partial charge in [0.2, 0.25) is 5.91 Å². The van der Waals surface area contributed by atoms with Crippen LogP contribution >= 0.6 is 0 Å². The van der Waals surface area contributed by atoms with Crippen molar-refractivity contribution in [2.75, 3.05) is 19.6 Å². The lowest BCUT2D eigenvalue weighted by atomic mass is 10.2. The monoisotopic (exact) mass is 328 g/mol. The van der Waals surface area contributed by atoms with Crippen molar-refractivity contribution in [1.82, 2.24) is 16.0 Å². The first kappa shape index (κ1) is 16.4. The number of carbonyl (C=O) groups excluding carboxylic acids is 1. The Morgan fingerprint density at radius 3 is 2.75 bits per heavy atom. The lowest BCUT2D eigenvalue weighted by molar-refractivity contribution is -0.122. The Morgan fingerprint density at radius 1 is 1.21 bits per heavy atom. The van der Waals surface area contributed by atoms with Gasteiger partial charge in [-0.1, -0.05) is 18.2 Å². The molecule has 1 aromatic heterocycles. The molecule has 2 aromatic rings. The first-order valence-electron chi connectivity index (χ1n) is 8.53. The van der Waals surface area contributed by atoms with Crippen LogP contribution < -0.4 is 16.0 Å². The fourth-order valence-electron chi connectivity index (χ4n) is 2.47. The van der Waals surface area contributed by atoms with Crippen LogP contribution in [0.2, 0.25) is 0 Å². The number of aliphatic imine (C=N–C) groups is 1. The fraction of sp³-hybridized carbons (Fsp3) is 0.444. The molecule has 1 aromatic carbocycles. The van der Waals surface area contributed by atoms with Crippen LogP contribution in [0.3, 0.4) is 0 Å². The molecular weight excluding hydrogens is 304 g/mol. The maximum Gasteiger partial charge on any atom is 0.223 e. The minimum absolute atomic E-state index is 0.168. The number of hydrogen-bond donors (Lipinski definition) is 3. The first-order valence-corrected chi connectivity index (χ1v) is 8.53. The highest BCUT2D eigenvalue weighted by molar-refractivity contribution is 5.81. The summed E-state index contributed by atoms with van der Waals surface area (Å²) in [4.78, 5) is 16.1. The Balaban J connectivity index is 1.49. The first-order chi connectivity index (χ1) is 11.8. The molecule has 0 radical (unpaired) electrons. The number of para-hydroxylation sites is 1. The summed E-state index contributed by atoms with van der Waals surface area (Å²) in [7, 11) is 0. The third-order valence-electron chi connectivity index (χ3n) is 3.88. The minimum atomic E-state index is 0.168. The molecule has 3 rings (SSSR count). The molecule has 0 saturated heterocycles. The van der Waals surface area contributed by atoms with Gasteiger partial charge in [0.15, 0.2) is 5.96 Å². The highest BCUT2D eigenvalue weighted by Gasteiger charge is 2.28. The topological polar surface area (TPSA) is 78.7 Å². The van der Waals surface area contributed by atoms with E-state index in [4.69, 9.17) is 4.42 Å². The summed E-state index contributed by atoms with van der Waals surface area (Å²) in [6.45, 7) is 4.51. The largest absolute Gasteiger partial charge is 0.459 e. The fourth-order valence-corrected chi connectivity index (χ4v) is 2.47. The van der Waals surface area contributed by atoms with Gasteiger partial charge >= 0.3 is 0 Å². The number of furan rings is 1. The normalized spacial score (nSPS) is 14.6. The number of nitrogens with zero attached hydrogens (tertiary/aromatic N) is 1. The summed E-state index contributed by atoms with van der Waals surface area (Å²) in [5.74, 6) is 1.97. The summed E-state index contributed by atoms with van der Waals surface area (Å²) < 4.78 is 5.77. The van der Waals surface area contributed by atoms with Gasteiger partial charge in [-0.2, -0.15) is 0 Å². The van der Waals surface area contributed by atoms with Crippen LogP contribution in [0.25, 0.3) is 11.0 Å². The van der Waals surface area contributed by atoms with E-state index in [1.165, 1.54) is 0 Å². The number of guanidine groups is 1. The zero-order valence-corrected chi connectivity index (χ0v) is 14.0. The predicted molar refractivity (Wildman–Crippen MR) is 94.8 cm³/mol. The van der Waals surface area contributed by atoms with E-state index in [9.17, 15) is 4.79 Å². The molecule has 0 atom stereocenters. The average Bonchev–Trinajstić information content (AvgIpc) is 3.35. The van der Waals surface area contributed by atoms with Crippen LogP contribution in [0.4, 0.5) is 0 Å². The molecule has 1 amide bonds. The van der Waals surface area contributed by atoms with E-state index in [1.807, 2.05) is 37.3 Å². The molecule has 0 spiro atoms. The Hall–Kier alpha value is -2.50. The van der Waals surface area contributed by atoms with Gasteiger partial charge < -0.3 is 20.4 Å². The molecule has 24 heavy (non-hydrogen) atoms. The van der Waals surface area contributed by atoms with Crippen molar-refractivity contribution in [2.45, 2.75) is 26.3 Å². The van der Waals surface area contributed by atoms with Gasteiger partial charge in [-0.25, -0.2) is 4.99 Å². The van der Waals surface area contributed by atoms with Crippen molar-refractivity contribution in [3.8, 4) is 0 Å². The minimum Gasteiger partial charge on any atom is -0.459 e. The number of carbonyl (C=O) groups is 1. The Labute approximate surface area is 141 Å². The van der Waals surface area contributed by atoms with Crippen LogP contribution in [-0.4, -0.2) is 31.5 Å². The van der Waals surface area contributed by atoms with Crippen LogP contribution in [0, 0.1) is 5.92 Å². The number of hydrogen-bond acceptors (Lipinski definition) is 3. The quantitative estimate of drug-likeness (QED) is 0.413. The van der Waals surface area contributed by atoms with Crippen LogP contribution in [-0.2, 0) is 11.3 Å². The van der Waals surface area contributed by atoms with Crippen molar-refractivity contribution in [1.29, 1.82) is 0 Å². The lowest BCUT2D eigenvalue weighted by Crippen LogP contribution is -2.41. The van der Waals surface area contributed by atoms with Gasteiger partial charge in [0.1, 0.15) is 17.9 Å². The van der Waals surface area contributed by atoms with Crippen molar-refractivity contribution in [3.05, 3.63) is 36.1 Å². The summed E-state index contributed by atoms with van der Waals surface area (Å²) in [6.07, 6.45) is 2.06. The van der Waals surface area contributed by atoms with Gasteiger partial charge in [-0.3, -0.25) is 4.79 Å². The summed E-state index contributed by atoms with van der Waals surface area (Å²) in [5, 5.41) is 10.4. The summed E-state index contributed by atoms with van der Waals surface area (Å²) >= 11 is 0. The average molecular weight is 328 g/mol. The van der Waals surface area contributed by atoms with E-state index < -0.39 is 0 Å². The number of benzene rings is 1. The van der Waals surface area contributed by atoms with E-state index in [0.717, 1.165) is 42.1 Å². The predicted octanol–water partition coefficient (Wildman–Crippen LogP) is 2.01. The number of amides is 1. The second-order valence-electron chi connectivity index (χ2n) is 5.94. The second kappa shape index (κ2) is 7.86. The smallest absolute Gasteiger partial charge is 0.223 e. The number of rotatable bonds is 7. The number of fused-ring (bicyclic) bond motifs is 1. The molecule has 1 saturated carbocycles. The van der Waals surface area contributed by atoms with Crippen LogP contribution in [0.1, 0.15) is 25.5 Å². The molecule has 1 aliphatic carbocycles. The maximum atomic E-state index is 11.6. The van der Waals surface area contributed by atoms with Gasteiger partial charge in [0, 0.05) is 30.9 Å². The third-order valence-corrected chi connectivity index (χ3v) is 3.88. The molecule has 1 heterocycles. The van der Waals surface area contributed by atoms with Crippen molar-refractivity contribution in [3.63, 3.8) is 0 Å². The zero-order valence-electron chi connectivity index (χ0n) is 14.0. The van der Waals surface area contributed by atoms with E-state index in [1.54, 1.807) is 0 Å². The highest BCUT2D eigenvalue weighted by Crippen LogP contribution is 2.28. The summed E-state index contributed by atoms with van der Waals surface area (Å²) in [5.41, 5.74) is 0.878. The second-order valence-corrected chi connectivity index (χ2v) is 5.94. The molecule has 6 nitrogen and oxygen atoms in total. The van der Waals surface area contributed by atoms with Crippen LogP contribution in [0.5, 0.6) is 0 Å². The molecule has 1 aliphatic rings. The third kappa shape index (κ3) is 4.50. The van der Waals surface area contributed by atoms with Crippen molar-refractivity contribution < 1.29 is 9.21 Å². The van der Waals surface area contributed by atoms with Gasteiger partial charge in [0.25, 0.3) is 0 Å². The SMILES string of the molecule is CCNC(=NCc1cc2ccccc2o1)NCCNC(=O)C1CC1. The van der Waals surface area contributed by atoms with Gasteiger partial charge in [0.05, 0.1) is 0 Å². The van der Waals surface area contributed by atoms with Crippen LogP contribution in [0.15, 0.2) is 39.7 Å². The van der Waals surface area contributed by atoms with Crippen molar-refractivity contribution >= 4 is 22.8 Å². The highest BCUT2D eigenvalue weighted by atomic mass is 16.3. The zero-order chi connectivity index (χ0) is 16.8. The van der Waals surface area contributed by atoms with Crippen molar-refractivity contribution in [2.24, 2.45) is 10.9 Å². The van der Waals surface area contributed by atoms with E-state index >= 15 is 0 Å². The number of nitrogens with one attached hydrogen (secondary N) is 3. The molecule has 128 valence electrons. The van der Waals surface area contributed by atoms with E-state index in [-0.39, 0.29) is 11.8 Å². The lowest BCUT2D eigenvalue weighted by Gasteiger charge is -2.11. The standard InChI is InChI=1S/C18H24N4O2/c1-2-19-18(21-10-9-20-17(23)13-7-8-13)22-12-15-11-14-5-3-4-6-16(14)24-15/h3-6,11,13H,2,7-10,12H2,1H3,(H,20,23)(H2,19,21,22). The molecular formula is C18H24N4O2.